The molecule has 1 saturated heterocycles. The van der Waals surface area contributed by atoms with Gasteiger partial charge in [0.2, 0.25) is 0 Å². The highest BCUT2D eigenvalue weighted by Crippen LogP contribution is 2.36. The van der Waals surface area contributed by atoms with E-state index < -0.39 is 23.4 Å². The van der Waals surface area contributed by atoms with Gasteiger partial charge in [-0.3, -0.25) is 9.59 Å². The highest BCUT2D eigenvalue weighted by Gasteiger charge is 2.43. The number of hydrogen-bond donors (Lipinski definition) is 0. The zero-order valence-corrected chi connectivity index (χ0v) is 17.9. The summed E-state index contributed by atoms with van der Waals surface area (Å²) in [5, 5.41) is 0. The average Bonchev–Trinajstić information content (AvgIpc) is 3.01. The Balaban J connectivity index is 1.79. The molecule has 0 atom stereocenters. The van der Waals surface area contributed by atoms with E-state index >= 15 is 0 Å². The summed E-state index contributed by atoms with van der Waals surface area (Å²) in [5.74, 6) is -3.19. The van der Waals surface area contributed by atoms with Crippen molar-refractivity contribution in [1.82, 2.24) is 9.80 Å². The molecule has 2 amide bonds. The van der Waals surface area contributed by atoms with Crippen LogP contribution in [0.5, 0.6) is 0 Å². The maximum atomic E-state index is 13.9. The Hall–Kier alpha value is -3.06. The molecule has 31 heavy (non-hydrogen) atoms. The molecule has 0 saturated carbocycles. The number of imide groups is 1. The van der Waals surface area contributed by atoms with Gasteiger partial charge in [0.25, 0.3) is 11.8 Å². The summed E-state index contributed by atoms with van der Waals surface area (Å²) in [6.45, 7) is 3.74. The fourth-order valence-electron chi connectivity index (χ4n) is 4.25. The minimum Gasteiger partial charge on any atom is -0.366 e. The van der Waals surface area contributed by atoms with Crippen LogP contribution in [0.1, 0.15) is 24.0 Å². The highest BCUT2D eigenvalue weighted by atomic mass is 19.2. The van der Waals surface area contributed by atoms with Crippen LogP contribution in [-0.4, -0.2) is 54.8 Å². The number of aryl methyl sites for hydroxylation is 1. The molecule has 0 spiro atoms. The van der Waals surface area contributed by atoms with Crippen LogP contribution in [-0.2, 0) is 9.59 Å². The molecular formula is C24H25F2N3O2. The van der Waals surface area contributed by atoms with Gasteiger partial charge in [-0.05, 0) is 57.6 Å². The average molecular weight is 425 g/mol. The minimum atomic E-state index is -1.10. The molecule has 2 aliphatic heterocycles. The van der Waals surface area contributed by atoms with E-state index in [4.69, 9.17) is 0 Å². The van der Waals surface area contributed by atoms with Crippen molar-refractivity contribution in [3.63, 3.8) is 0 Å². The van der Waals surface area contributed by atoms with Crippen LogP contribution in [0.3, 0.4) is 0 Å². The Morgan fingerprint density at radius 3 is 2.19 bits per heavy atom. The van der Waals surface area contributed by atoms with Gasteiger partial charge in [0.1, 0.15) is 5.70 Å². The third-order valence-electron chi connectivity index (χ3n) is 6.15. The first-order valence-electron chi connectivity index (χ1n) is 10.3. The second-order valence-corrected chi connectivity index (χ2v) is 8.28. The quantitative estimate of drug-likeness (QED) is 0.703. The van der Waals surface area contributed by atoms with Crippen LogP contribution in [0.4, 0.5) is 14.5 Å². The zero-order chi connectivity index (χ0) is 22.3. The number of anilines is 1. The molecule has 0 unspecified atom stereocenters. The smallest absolute Gasteiger partial charge is 0.282 e. The molecule has 0 aromatic heterocycles. The van der Waals surface area contributed by atoms with Gasteiger partial charge in [-0.2, -0.15) is 0 Å². The predicted molar refractivity (Wildman–Crippen MR) is 115 cm³/mol. The maximum absolute atomic E-state index is 13.9. The minimum absolute atomic E-state index is 0.0188. The van der Waals surface area contributed by atoms with Crippen molar-refractivity contribution in [2.45, 2.75) is 25.8 Å². The number of likely N-dealkylation sites (N-methyl/N-ethyl adjacent to an activating group) is 1. The standard InChI is InChI=1S/C24H25F2N3O2/c1-15-4-6-16(7-5-15)21-22(28(3)17-10-12-27(2)13-11-17)24(31)29(23(21)30)18-8-9-19(25)20(26)14-18/h4-9,14,17H,10-13H2,1-3H3. The number of amides is 2. The molecule has 0 N–H and O–H groups in total. The van der Waals surface area contributed by atoms with Gasteiger partial charge in [-0.25, -0.2) is 13.7 Å². The molecule has 7 heteroatoms. The van der Waals surface area contributed by atoms with E-state index in [-0.39, 0.29) is 17.3 Å². The molecule has 162 valence electrons. The lowest BCUT2D eigenvalue weighted by atomic mass is 9.99. The van der Waals surface area contributed by atoms with Crippen LogP contribution in [0.2, 0.25) is 0 Å². The van der Waals surface area contributed by atoms with Crippen molar-refractivity contribution in [3.8, 4) is 0 Å². The Bertz CT molecular complexity index is 1060. The van der Waals surface area contributed by atoms with Crippen LogP contribution >= 0.6 is 0 Å². The van der Waals surface area contributed by atoms with E-state index in [2.05, 4.69) is 11.9 Å². The van der Waals surface area contributed by atoms with Crippen LogP contribution in [0.25, 0.3) is 5.57 Å². The lowest BCUT2D eigenvalue weighted by Crippen LogP contribution is -2.43. The number of carbonyl (C=O) groups excluding carboxylic acids is 2. The number of hydrogen-bond acceptors (Lipinski definition) is 4. The first-order chi connectivity index (χ1) is 14.8. The molecule has 2 heterocycles. The topological polar surface area (TPSA) is 43.9 Å². The summed E-state index contributed by atoms with van der Waals surface area (Å²) < 4.78 is 27.3. The summed E-state index contributed by atoms with van der Waals surface area (Å²) in [4.78, 5) is 32.0. The van der Waals surface area contributed by atoms with Gasteiger partial charge in [0, 0.05) is 19.2 Å². The molecule has 1 fully saturated rings. The Morgan fingerprint density at radius 1 is 0.935 bits per heavy atom. The fraction of sp³-hybridized carbons (Fsp3) is 0.333. The monoisotopic (exact) mass is 425 g/mol. The summed E-state index contributed by atoms with van der Waals surface area (Å²) >= 11 is 0. The van der Waals surface area contributed by atoms with Gasteiger partial charge in [-0.15, -0.1) is 0 Å². The normalized spacial score (nSPS) is 18.3. The second kappa shape index (κ2) is 8.23. The summed E-state index contributed by atoms with van der Waals surface area (Å²) in [6, 6.07) is 10.6. The van der Waals surface area contributed by atoms with Crippen molar-refractivity contribution in [2.75, 3.05) is 32.1 Å². The fourth-order valence-corrected chi connectivity index (χ4v) is 4.25. The molecule has 5 nitrogen and oxygen atoms in total. The third kappa shape index (κ3) is 3.85. The predicted octanol–water partition coefficient (Wildman–Crippen LogP) is 3.58. The van der Waals surface area contributed by atoms with Gasteiger partial charge in [0.05, 0.1) is 11.3 Å². The summed E-state index contributed by atoms with van der Waals surface area (Å²) in [6.07, 6.45) is 1.73. The van der Waals surface area contributed by atoms with Gasteiger partial charge in [0.15, 0.2) is 11.6 Å². The van der Waals surface area contributed by atoms with Crippen molar-refractivity contribution in [1.29, 1.82) is 0 Å². The zero-order valence-electron chi connectivity index (χ0n) is 17.9. The second-order valence-electron chi connectivity index (χ2n) is 8.28. The van der Waals surface area contributed by atoms with E-state index in [9.17, 15) is 18.4 Å². The van der Waals surface area contributed by atoms with Crippen molar-refractivity contribution < 1.29 is 18.4 Å². The van der Waals surface area contributed by atoms with E-state index in [0.717, 1.165) is 48.5 Å². The Labute approximate surface area is 180 Å². The van der Waals surface area contributed by atoms with E-state index in [1.54, 1.807) is 0 Å². The SMILES string of the molecule is Cc1ccc(C2=C(N(C)C3CCN(C)CC3)C(=O)N(c3ccc(F)c(F)c3)C2=O)cc1. The molecule has 0 radical (unpaired) electrons. The molecule has 2 aromatic carbocycles. The third-order valence-corrected chi connectivity index (χ3v) is 6.15. The number of rotatable bonds is 4. The molecular weight excluding hydrogens is 400 g/mol. The molecule has 2 aliphatic rings. The van der Waals surface area contributed by atoms with E-state index in [1.807, 2.05) is 43.1 Å². The number of piperidine rings is 1. The maximum Gasteiger partial charge on any atom is 0.282 e. The number of nitrogens with zero attached hydrogens (tertiary/aromatic N) is 3. The van der Waals surface area contributed by atoms with E-state index in [0.29, 0.717) is 11.3 Å². The first kappa shape index (κ1) is 21.2. The lowest BCUT2D eigenvalue weighted by Gasteiger charge is -2.36. The number of carbonyl (C=O) groups is 2. The Morgan fingerprint density at radius 2 is 1.58 bits per heavy atom. The lowest BCUT2D eigenvalue weighted by molar-refractivity contribution is -0.120. The number of likely N-dealkylation sites (tertiary alicyclic amines) is 1. The largest absolute Gasteiger partial charge is 0.366 e. The summed E-state index contributed by atoms with van der Waals surface area (Å²) in [7, 11) is 3.89. The van der Waals surface area contributed by atoms with E-state index in [1.165, 1.54) is 6.07 Å². The van der Waals surface area contributed by atoms with Crippen LogP contribution in [0, 0.1) is 18.6 Å². The van der Waals surface area contributed by atoms with Gasteiger partial charge >= 0.3 is 0 Å². The van der Waals surface area contributed by atoms with Gasteiger partial charge < -0.3 is 9.80 Å². The van der Waals surface area contributed by atoms with Crippen molar-refractivity contribution in [2.24, 2.45) is 0 Å². The van der Waals surface area contributed by atoms with Crippen LogP contribution < -0.4 is 4.90 Å². The number of halogens is 2. The molecule has 4 rings (SSSR count). The number of benzene rings is 2. The van der Waals surface area contributed by atoms with Crippen LogP contribution in [0.15, 0.2) is 48.2 Å². The van der Waals surface area contributed by atoms with Crippen molar-refractivity contribution >= 4 is 23.1 Å². The summed E-state index contributed by atoms with van der Waals surface area (Å²) in [5.41, 5.74) is 2.27. The first-order valence-corrected chi connectivity index (χ1v) is 10.3. The Kier molecular flexibility index (Phi) is 5.62. The molecule has 0 aliphatic carbocycles. The van der Waals surface area contributed by atoms with Crippen molar-refractivity contribution in [3.05, 3.63) is 70.9 Å². The molecule has 2 aromatic rings. The molecule has 0 bridgehead atoms. The highest BCUT2D eigenvalue weighted by molar-refractivity contribution is 6.45. The van der Waals surface area contributed by atoms with Gasteiger partial charge in [-0.1, -0.05) is 29.8 Å².